The van der Waals surface area contributed by atoms with Gasteiger partial charge in [-0.1, -0.05) is 48.5 Å². The van der Waals surface area contributed by atoms with E-state index in [1.807, 2.05) is 83.8 Å². The molecule has 0 spiro atoms. The molecule has 4 aromatic rings. The molecule has 1 amide bonds. The normalized spacial score (nSPS) is 14.4. The zero-order valence-corrected chi connectivity index (χ0v) is 20.9. The number of amides is 1. The van der Waals surface area contributed by atoms with E-state index in [2.05, 4.69) is 10.00 Å². The zero-order chi connectivity index (χ0) is 25.8. The number of piperazine rings is 1. The largest absolute Gasteiger partial charge is 0.497 e. The first kappa shape index (κ1) is 24.4. The van der Waals surface area contributed by atoms with Crippen molar-refractivity contribution in [3.63, 3.8) is 0 Å². The summed E-state index contributed by atoms with van der Waals surface area (Å²) in [7, 11) is 3.27. The molecule has 1 saturated heterocycles. The van der Waals surface area contributed by atoms with Gasteiger partial charge in [-0.3, -0.25) is 4.79 Å². The second-order valence-electron chi connectivity index (χ2n) is 8.87. The molecule has 1 N–H and O–H groups in total. The van der Waals surface area contributed by atoms with Gasteiger partial charge < -0.3 is 24.4 Å². The number of rotatable bonds is 7. The summed E-state index contributed by atoms with van der Waals surface area (Å²) in [5.41, 5.74) is 3.33. The minimum atomic E-state index is -0.933. The molecule has 1 aliphatic rings. The van der Waals surface area contributed by atoms with Crippen molar-refractivity contribution in [1.82, 2.24) is 14.7 Å². The number of carbonyl (C=O) groups excluding carboxylic acids is 1. The molecule has 1 fully saturated rings. The quantitative estimate of drug-likeness (QED) is 0.416. The number of aliphatic hydroxyl groups excluding tert-OH is 1. The lowest BCUT2D eigenvalue weighted by atomic mass is 10.1. The van der Waals surface area contributed by atoms with Crippen LogP contribution in [-0.4, -0.2) is 66.1 Å². The molecular formula is C29H30N4O4. The maximum atomic E-state index is 13.7. The number of carbonyl (C=O) groups is 1. The van der Waals surface area contributed by atoms with Gasteiger partial charge in [0.2, 0.25) is 0 Å². The average Bonchev–Trinajstić information content (AvgIpc) is 3.42. The van der Waals surface area contributed by atoms with Crippen LogP contribution in [0, 0.1) is 0 Å². The molecule has 3 aromatic carbocycles. The van der Waals surface area contributed by atoms with E-state index in [0.717, 1.165) is 28.4 Å². The van der Waals surface area contributed by atoms with E-state index in [9.17, 15) is 9.90 Å². The van der Waals surface area contributed by atoms with Crippen molar-refractivity contribution in [3.8, 4) is 17.2 Å². The Morgan fingerprint density at radius 3 is 2.00 bits per heavy atom. The molecule has 8 heteroatoms. The third-order valence-electron chi connectivity index (χ3n) is 6.61. The summed E-state index contributed by atoms with van der Waals surface area (Å²) in [5, 5.41) is 15.6. The van der Waals surface area contributed by atoms with Crippen molar-refractivity contribution < 1.29 is 19.4 Å². The highest BCUT2D eigenvalue weighted by molar-refractivity contribution is 5.93. The molecule has 8 nitrogen and oxygen atoms in total. The van der Waals surface area contributed by atoms with Gasteiger partial charge in [0.25, 0.3) is 5.91 Å². The molecule has 190 valence electrons. The van der Waals surface area contributed by atoms with Gasteiger partial charge in [-0.25, -0.2) is 4.68 Å². The molecule has 2 heterocycles. The van der Waals surface area contributed by atoms with Crippen LogP contribution in [0.2, 0.25) is 0 Å². The number of benzene rings is 3. The van der Waals surface area contributed by atoms with Crippen molar-refractivity contribution in [1.29, 1.82) is 0 Å². The van der Waals surface area contributed by atoms with Crippen LogP contribution in [0.15, 0.2) is 84.9 Å². The minimum Gasteiger partial charge on any atom is -0.497 e. The van der Waals surface area contributed by atoms with Gasteiger partial charge in [-0.15, -0.1) is 0 Å². The summed E-state index contributed by atoms with van der Waals surface area (Å²) < 4.78 is 12.5. The fourth-order valence-corrected chi connectivity index (χ4v) is 4.56. The SMILES string of the molecule is COc1cc(OC)cc(N2CCN(C(=O)c3cc(C(O)c4ccccc4)nn3-c3ccccc3)CC2)c1. The monoisotopic (exact) mass is 498 g/mol. The van der Waals surface area contributed by atoms with Crippen molar-refractivity contribution in [2.24, 2.45) is 0 Å². The Labute approximate surface area is 216 Å². The van der Waals surface area contributed by atoms with Crippen molar-refractivity contribution in [2.75, 3.05) is 45.3 Å². The maximum Gasteiger partial charge on any atom is 0.272 e. The Kier molecular flexibility index (Phi) is 7.09. The highest BCUT2D eigenvalue weighted by atomic mass is 16.5. The van der Waals surface area contributed by atoms with Gasteiger partial charge >= 0.3 is 0 Å². The second kappa shape index (κ2) is 10.8. The van der Waals surface area contributed by atoms with Crippen LogP contribution in [0.3, 0.4) is 0 Å². The van der Waals surface area contributed by atoms with Crippen LogP contribution in [0.4, 0.5) is 5.69 Å². The zero-order valence-electron chi connectivity index (χ0n) is 20.9. The Morgan fingerprint density at radius 1 is 0.811 bits per heavy atom. The van der Waals surface area contributed by atoms with Crippen molar-refractivity contribution >= 4 is 11.6 Å². The minimum absolute atomic E-state index is 0.120. The summed E-state index contributed by atoms with van der Waals surface area (Å²) in [4.78, 5) is 17.8. The summed E-state index contributed by atoms with van der Waals surface area (Å²) in [6.45, 7) is 2.44. The van der Waals surface area contributed by atoms with Gasteiger partial charge in [-0.2, -0.15) is 5.10 Å². The number of methoxy groups -OCH3 is 2. The Morgan fingerprint density at radius 2 is 1.41 bits per heavy atom. The fraction of sp³-hybridized carbons (Fsp3) is 0.241. The van der Waals surface area contributed by atoms with E-state index >= 15 is 0 Å². The van der Waals surface area contributed by atoms with E-state index < -0.39 is 6.10 Å². The van der Waals surface area contributed by atoms with E-state index in [1.165, 1.54) is 0 Å². The lowest BCUT2D eigenvalue weighted by Gasteiger charge is -2.36. The van der Waals surface area contributed by atoms with Gasteiger partial charge in [0.15, 0.2) is 0 Å². The number of aliphatic hydroxyl groups is 1. The number of hydrogen-bond donors (Lipinski definition) is 1. The van der Waals surface area contributed by atoms with Gasteiger partial charge in [0.05, 0.1) is 25.6 Å². The number of ether oxygens (including phenoxy) is 2. The second-order valence-corrected chi connectivity index (χ2v) is 8.87. The Bertz CT molecular complexity index is 1330. The lowest BCUT2D eigenvalue weighted by molar-refractivity contribution is 0.0737. The highest BCUT2D eigenvalue weighted by Gasteiger charge is 2.28. The Balaban J connectivity index is 1.39. The summed E-state index contributed by atoms with van der Waals surface area (Å²) >= 11 is 0. The molecular weight excluding hydrogens is 468 g/mol. The van der Waals surface area contributed by atoms with Gasteiger partial charge in [0.1, 0.15) is 23.3 Å². The average molecular weight is 499 g/mol. The number of para-hydroxylation sites is 1. The highest BCUT2D eigenvalue weighted by Crippen LogP contribution is 2.30. The number of aromatic nitrogens is 2. The van der Waals surface area contributed by atoms with Gasteiger partial charge in [-0.05, 0) is 23.8 Å². The van der Waals surface area contributed by atoms with E-state index in [1.54, 1.807) is 25.0 Å². The summed E-state index contributed by atoms with van der Waals surface area (Å²) in [5.74, 6) is 1.33. The van der Waals surface area contributed by atoms with Crippen LogP contribution in [0.5, 0.6) is 11.5 Å². The van der Waals surface area contributed by atoms with Crippen LogP contribution in [-0.2, 0) is 0 Å². The maximum absolute atomic E-state index is 13.7. The molecule has 1 aromatic heterocycles. The van der Waals surface area contributed by atoms with E-state index in [4.69, 9.17) is 9.47 Å². The molecule has 0 aliphatic carbocycles. The first-order chi connectivity index (χ1) is 18.1. The molecule has 1 unspecified atom stereocenters. The van der Waals surface area contributed by atoms with Gasteiger partial charge in [0, 0.05) is 50.1 Å². The molecule has 0 radical (unpaired) electrons. The summed E-state index contributed by atoms with van der Waals surface area (Å²) in [6, 6.07) is 26.3. The molecule has 1 atom stereocenters. The Hall–Kier alpha value is -4.30. The predicted molar refractivity (Wildman–Crippen MR) is 142 cm³/mol. The molecule has 37 heavy (non-hydrogen) atoms. The predicted octanol–water partition coefficient (Wildman–Crippen LogP) is 3.93. The molecule has 0 saturated carbocycles. The van der Waals surface area contributed by atoms with Crippen molar-refractivity contribution in [2.45, 2.75) is 6.10 Å². The number of anilines is 1. The standard InChI is InChI=1S/C29H30N4O4/c1-36-24-17-23(18-25(19-24)37-2)31-13-15-32(16-14-31)29(35)27-20-26(28(34)21-9-5-3-6-10-21)30-33(27)22-11-7-4-8-12-22/h3-12,17-20,28,34H,13-16H2,1-2H3. The smallest absolute Gasteiger partial charge is 0.272 e. The number of nitrogens with zero attached hydrogens (tertiary/aromatic N) is 4. The van der Waals surface area contributed by atoms with Crippen LogP contribution in [0.25, 0.3) is 5.69 Å². The van der Waals surface area contributed by atoms with Crippen LogP contribution >= 0.6 is 0 Å². The van der Waals surface area contributed by atoms with E-state index in [0.29, 0.717) is 37.6 Å². The first-order valence-corrected chi connectivity index (χ1v) is 12.2. The number of hydrogen-bond acceptors (Lipinski definition) is 6. The third kappa shape index (κ3) is 5.15. The van der Waals surface area contributed by atoms with Crippen LogP contribution in [0.1, 0.15) is 27.8 Å². The summed E-state index contributed by atoms with van der Waals surface area (Å²) in [6.07, 6.45) is -0.933. The van der Waals surface area contributed by atoms with E-state index in [-0.39, 0.29) is 5.91 Å². The van der Waals surface area contributed by atoms with Crippen molar-refractivity contribution in [3.05, 3.63) is 102 Å². The molecule has 0 bridgehead atoms. The van der Waals surface area contributed by atoms with Crippen LogP contribution < -0.4 is 14.4 Å². The lowest BCUT2D eigenvalue weighted by Crippen LogP contribution is -2.49. The fourth-order valence-electron chi connectivity index (χ4n) is 4.56. The molecule has 1 aliphatic heterocycles. The molecule has 5 rings (SSSR count). The topological polar surface area (TPSA) is 80.1 Å². The first-order valence-electron chi connectivity index (χ1n) is 12.2. The third-order valence-corrected chi connectivity index (χ3v) is 6.61.